The van der Waals surface area contributed by atoms with Crippen molar-refractivity contribution in [3.63, 3.8) is 0 Å². The van der Waals surface area contributed by atoms with Gasteiger partial charge in [-0.1, -0.05) is 37.6 Å². The third-order valence-electron chi connectivity index (χ3n) is 3.47. The van der Waals surface area contributed by atoms with Gasteiger partial charge in [0.1, 0.15) is 0 Å². The van der Waals surface area contributed by atoms with Crippen LogP contribution in [0.2, 0.25) is 0 Å². The van der Waals surface area contributed by atoms with E-state index >= 15 is 0 Å². The molecule has 0 spiro atoms. The first-order valence-corrected chi connectivity index (χ1v) is 7.12. The van der Waals surface area contributed by atoms with E-state index in [-0.39, 0.29) is 12.6 Å². The molecule has 1 rings (SSSR count). The van der Waals surface area contributed by atoms with Crippen LogP contribution in [-0.2, 0) is 16.0 Å². The second-order valence-electron chi connectivity index (χ2n) is 5.02. The van der Waals surface area contributed by atoms with Gasteiger partial charge in [0.05, 0.1) is 13.2 Å². The number of hydrogen-bond acceptors (Lipinski definition) is 3. The molecule has 0 aliphatic heterocycles. The minimum atomic E-state index is -0.810. The van der Waals surface area contributed by atoms with Crippen molar-refractivity contribution in [2.45, 2.75) is 32.7 Å². The summed E-state index contributed by atoms with van der Waals surface area (Å²) in [6.45, 7) is 5.37. The molecule has 1 atom stereocenters. The number of rotatable bonds is 9. The number of carboxylic acids is 1. The SMILES string of the molecule is CCCc1ccc(C(C)N(CCOC)CC(=O)O)cc1. The van der Waals surface area contributed by atoms with Gasteiger partial charge in [0.25, 0.3) is 0 Å². The molecule has 0 amide bonds. The summed E-state index contributed by atoms with van der Waals surface area (Å²) in [6.07, 6.45) is 2.21. The van der Waals surface area contributed by atoms with Crippen LogP contribution in [0.3, 0.4) is 0 Å². The zero-order valence-corrected chi connectivity index (χ0v) is 12.6. The van der Waals surface area contributed by atoms with Gasteiger partial charge >= 0.3 is 5.97 Å². The van der Waals surface area contributed by atoms with Crippen LogP contribution < -0.4 is 0 Å². The summed E-state index contributed by atoms with van der Waals surface area (Å²) in [5.41, 5.74) is 2.47. The summed E-state index contributed by atoms with van der Waals surface area (Å²) in [5.74, 6) is -0.810. The Morgan fingerprint density at radius 3 is 2.50 bits per heavy atom. The predicted molar refractivity (Wildman–Crippen MR) is 79.9 cm³/mol. The molecule has 0 aliphatic rings. The molecule has 0 saturated heterocycles. The largest absolute Gasteiger partial charge is 0.480 e. The second-order valence-corrected chi connectivity index (χ2v) is 5.02. The molecule has 0 aromatic heterocycles. The smallest absolute Gasteiger partial charge is 0.317 e. The van der Waals surface area contributed by atoms with E-state index in [0.717, 1.165) is 18.4 Å². The van der Waals surface area contributed by atoms with E-state index in [4.69, 9.17) is 9.84 Å². The van der Waals surface area contributed by atoms with Crippen molar-refractivity contribution in [2.24, 2.45) is 0 Å². The summed E-state index contributed by atoms with van der Waals surface area (Å²) >= 11 is 0. The summed E-state index contributed by atoms with van der Waals surface area (Å²) in [5, 5.41) is 9.01. The fourth-order valence-electron chi connectivity index (χ4n) is 2.25. The average Bonchev–Trinajstić information content (AvgIpc) is 2.43. The molecule has 1 aromatic rings. The number of ether oxygens (including phenoxy) is 1. The number of carboxylic acid groups (broad SMARTS) is 1. The number of nitrogens with zero attached hydrogens (tertiary/aromatic N) is 1. The van der Waals surface area contributed by atoms with Gasteiger partial charge < -0.3 is 9.84 Å². The monoisotopic (exact) mass is 279 g/mol. The van der Waals surface area contributed by atoms with Gasteiger partial charge in [-0.05, 0) is 24.5 Å². The van der Waals surface area contributed by atoms with Gasteiger partial charge in [0, 0.05) is 19.7 Å². The topological polar surface area (TPSA) is 49.8 Å². The molecule has 112 valence electrons. The van der Waals surface area contributed by atoms with E-state index in [2.05, 4.69) is 31.2 Å². The normalized spacial score (nSPS) is 12.6. The fourth-order valence-corrected chi connectivity index (χ4v) is 2.25. The number of methoxy groups -OCH3 is 1. The molecular weight excluding hydrogens is 254 g/mol. The van der Waals surface area contributed by atoms with E-state index in [1.807, 2.05) is 11.8 Å². The van der Waals surface area contributed by atoms with Crippen molar-refractivity contribution < 1.29 is 14.6 Å². The highest BCUT2D eigenvalue weighted by atomic mass is 16.5. The van der Waals surface area contributed by atoms with Crippen molar-refractivity contribution in [3.05, 3.63) is 35.4 Å². The van der Waals surface area contributed by atoms with E-state index in [1.165, 1.54) is 5.56 Å². The second kappa shape index (κ2) is 8.72. The molecular formula is C16H25NO3. The molecule has 0 bridgehead atoms. The highest BCUT2D eigenvalue weighted by Gasteiger charge is 2.18. The lowest BCUT2D eigenvalue weighted by molar-refractivity contribution is -0.139. The number of aryl methyl sites for hydroxylation is 1. The molecule has 4 heteroatoms. The van der Waals surface area contributed by atoms with Crippen LogP contribution in [0.5, 0.6) is 0 Å². The molecule has 1 unspecified atom stereocenters. The first kappa shape index (κ1) is 16.7. The molecule has 20 heavy (non-hydrogen) atoms. The number of benzene rings is 1. The summed E-state index contributed by atoms with van der Waals surface area (Å²) in [7, 11) is 1.63. The molecule has 4 nitrogen and oxygen atoms in total. The van der Waals surface area contributed by atoms with Gasteiger partial charge in [0.2, 0.25) is 0 Å². The summed E-state index contributed by atoms with van der Waals surface area (Å²) in [6, 6.07) is 8.51. The Hall–Kier alpha value is -1.39. The predicted octanol–water partition coefficient (Wildman–Crippen LogP) is 2.73. The molecule has 0 aliphatic carbocycles. The van der Waals surface area contributed by atoms with Crippen LogP contribution in [0.4, 0.5) is 0 Å². The number of carbonyl (C=O) groups is 1. The van der Waals surface area contributed by atoms with Crippen molar-refractivity contribution in [3.8, 4) is 0 Å². The van der Waals surface area contributed by atoms with Crippen molar-refractivity contribution in [2.75, 3.05) is 26.8 Å². The van der Waals surface area contributed by atoms with E-state index in [0.29, 0.717) is 13.2 Å². The molecule has 1 aromatic carbocycles. The van der Waals surface area contributed by atoms with Gasteiger partial charge in [-0.25, -0.2) is 0 Å². The van der Waals surface area contributed by atoms with Gasteiger partial charge in [-0.2, -0.15) is 0 Å². The number of aliphatic carboxylic acids is 1. The van der Waals surface area contributed by atoms with Crippen LogP contribution in [0.1, 0.15) is 37.4 Å². The highest BCUT2D eigenvalue weighted by Crippen LogP contribution is 2.20. The lowest BCUT2D eigenvalue weighted by Gasteiger charge is -2.27. The van der Waals surface area contributed by atoms with Gasteiger partial charge in [-0.3, -0.25) is 9.69 Å². The zero-order chi connectivity index (χ0) is 15.0. The minimum Gasteiger partial charge on any atom is -0.480 e. The summed E-state index contributed by atoms with van der Waals surface area (Å²) in [4.78, 5) is 12.9. The first-order valence-electron chi connectivity index (χ1n) is 7.12. The van der Waals surface area contributed by atoms with Crippen LogP contribution in [0.15, 0.2) is 24.3 Å². The van der Waals surface area contributed by atoms with E-state index in [1.54, 1.807) is 7.11 Å². The molecule has 1 N–H and O–H groups in total. The standard InChI is InChI=1S/C16H25NO3/c1-4-5-14-6-8-15(9-7-14)13(2)17(10-11-20-3)12-16(18)19/h6-9,13H,4-5,10-12H2,1-3H3,(H,18,19). The minimum absolute atomic E-state index is 0.0290. The van der Waals surface area contributed by atoms with E-state index < -0.39 is 5.97 Å². The zero-order valence-electron chi connectivity index (χ0n) is 12.6. The lowest BCUT2D eigenvalue weighted by atomic mass is 10.0. The maximum Gasteiger partial charge on any atom is 0.317 e. The van der Waals surface area contributed by atoms with Gasteiger partial charge in [0.15, 0.2) is 0 Å². The Morgan fingerprint density at radius 1 is 1.35 bits per heavy atom. The van der Waals surface area contributed by atoms with Gasteiger partial charge in [-0.15, -0.1) is 0 Å². The molecule has 0 saturated carbocycles. The lowest BCUT2D eigenvalue weighted by Crippen LogP contribution is -2.35. The maximum atomic E-state index is 11.0. The highest BCUT2D eigenvalue weighted by molar-refractivity contribution is 5.69. The van der Waals surface area contributed by atoms with Crippen LogP contribution in [0, 0.1) is 0 Å². The Kier molecular flexibility index (Phi) is 7.26. The Bertz CT molecular complexity index is 403. The molecule has 0 fully saturated rings. The third-order valence-corrected chi connectivity index (χ3v) is 3.47. The van der Waals surface area contributed by atoms with E-state index in [9.17, 15) is 4.79 Å². The Balaban J connectivity index is 2.75. The van der Waals surface area contributed by atoms with Crippen molar-refractivity contribution >= 4 is 5.97 Å². The molecule has 0 heterocycles. The Morgan fingerprint density at radius 2 is 2.00 bits per heavy atom. The third kappa shape index (κ3) is 5.31. The van der Waals surface area contributed by atoms with Crippen LogP contribution >= 0.6 is 0 Å². The number of hydrogen-bond donors (Lipinski definition) is 1. The first-order chi connectivity index (χ1) is 9.58. The maximum absolute atomic E-state index is 11.0. The Labute approximate surface area is 121 Å². The quantitative estimate of drug-likeness (QED) is 0.755. The summed E-state index contributed by atoms with van der Waals surface area (Å²) < 4.78 is 5.06. The fraction of sp³-hybridized carbons (Fsp3) is 0.562. The van der Waals surface area contributed by atoms with Crippen LogP contribution in [0.25, 0.3) is 0 Å². The molecule has 0 radical (unpaired) electrons. The van der Waals surface area contributed by atoms with Crippen LogP contribution in [-0.4, -0.2) is 42.8 Å². The van der Waals surface area contributed by atoms with Crippen molar-refractivity contribution in [1.29, 1.82) is 0 Å². The average molecular weight is 279 g/mol. The van der Waals surface area contributed by atoms with Crippen molar-refractivity contribution in [1.82, 2.24) is 4.90 Å².